The molecule has 23 heavy (non-hydrogen) atoms. The summed E-state index contributed by atoms with van der Waals surface area (Å²) in [5, 5.41) is 17.2. The Hall–Kier alpha value is -1.42. The van der Waals surface area contributed by atoms with E-state index in [-0.39, 0.29) is 34.6 Å². The average molecular weight is 436 g/mol. The summed E-state index contributed by atoms with van der Waals surface area (Å²) in [6.07, 6.45) is 1.97. The molecule has 0 saturated carbocycles. The molecule has 1 aromatic carbocycles. The van der Waals surface area contributed by atoms with Crippen LogP contribution in [0, 0.1) is 10.1 Å². The number of nitrogens with one attached hydrogen (secondary N) is 2. The Morgan fingerprint density at radius 3 is 2.70 bits per heavy atom. The van der Waals surface area contributed by atoms with Crippen LogP contribution in [0.2, 0.25) is 0 Å². The van der Waals surface area contributed by atoms with Crippen molar-refractivity contribution < 1.29 is 9.66 Å². The number of guanidine groups is 1. The zero-order valence-electron chi connectivity index (χ0n) is 13.6. The van der Waals surface area contributed by atoms with Crippen molar-refractivity contribution in [3.8, 4) is 0 Å². The van der Waals surface area contributed by atoms with Crippen molar-refractivity contribution >= 4 is 35.6 Å². The molecular formula is C15H25IN4O3. The van der Waals surface area contributed by atoms with Gasteiger partial charge in [0.1, 0.15) is 0 Å². The lowest BCUT2D eigenvalue weighted by atomic mass is 10.2. The number of hydrogen-bond donors (Lipinski definition) is 2. The van der Waals surface area contributed by atoms with Gasteiger partial charge in [0.25, 0.3) is 5.69 Å². The number of benzene rings is 1. The Bertz CT molecular complexity index is 497. The number of hydrogen-bond acceptors (Lipinski definition) is 4. The molecule has 1 aromatic rings. The van der Waals surface area contributed by atoms with Crippen molar-refractivity contribution in [3.05, 3.63) is 39.9 Å². The van der Waals surface area contributed by atoms with Gasteiger partial charge in [0, 0.05) is 45.0 Å². The Morgan fingerprint density at radius 1 is 1.30 bits per heavy atom. The SMILES string of the molecule is CCOCCCCNC(=NC)NCc1ccccc1[N+](=O)[O-].I. The first-order valence-corrected chi connectivity index (χ1v) is 7.43. The van der Waals surface area contributed by atoms with Gasteiger partial charge in [-0.3, -0.25) is 15.1 Å². The maximum Gasteiger partial charge on any atom is 0.274 e. The topological polar surface area (TPSA) is 88.8 Å². The molecule has 0 bridgehead atoms. The van der Waals surface area contributed by atoms with E-state index in [4.69, 9.17) is 4.74 Å². The lowest BCUT2D eigenvalue weighted by Crippen LogP contribution is -2.37. The van der Waals surface area contributed by atoms with E-state index in [1.54, 1.807) is 25.2 Å². The van der Waals surface area contributed by atoms with E-state index in [0.717, 1.165) is 32.6 Å². The number of ether oxygens (including phenoxy) is 1. The number of rotatable bonds is 9. The van der Waals surface area contributed by atoms with Crippen molar-refractivity contribution in [2.75, 3.05) is 26.8 Å². The van der Waals surface area contributed by atoms with Crippen molar-refractivity contribution in [2.45, 2.75) is 26.3 Å². The number of para-hydroxylation sites is 1. The number of unbranched alkanes of at least 4 members (excludes halogenated alkanes) is 1. The van der Waals surface area contributed by atoms with E-state index in [1.807, 2.05) is 6.92 Å². The molecule has 0 aromatic heterocycles. The van der Waals surface area contributed by atoms with Crippen LogP contribution in [0.15, 0.2) is 29.3 Å². The summed E-state index contributed by atoms with van der Waals surface area (Å²) in [5.74, 6) is 0.634. The third-order valence-corrected chi connectivity index (χ3v) is 3.07. The van der Waals surface area contributed by atoms with Gasteiger partial charge in [-0.25, -0.2) is 0 Å². The van der Waals surface area contributed by atoms with Crippen molar-refractivity contribution in [3.63, 3.8) is 0 Å². The molecule has 8 heteroatoms. The van der Waals surface area contributed by atoms with Crippen molar-refractivity contribution in [1.82, 2.24) is 10.6 Å². The Morgan fingerprint density at radius 2 is 2.04 bits per heavy atom. The van der Waals surface area contributed by atoms with Gasteiger partial charge in [-0.2, -0.15) is 0 Å². The molecule has 1 rings (SSSR count). The van der Waals surface area contributed by atoms with Gasteiger partial charge >= 0.3 is 0 Å². The second kappa shape index (κ2) is 13.1. The predicted molar refractivity (Wildman–Crippen MR) is 102 cm³/mol. The molecule has 130 valence electrons. The first kappa shape index (κ1) is 21.6. The Labute approximate surface area is 154 Å². The number of halogens is 1. The van der Waals surface area contributed by atoms with Crippen LogP contribution in [0.25, 0.3) is 0 Å². The molecule has 7 nitrogen and oxygen atoms in total. The van der Waals surface area contributed by atoms with Gasteiger partial charge in [-0.05, 0) is 19.8 Å². The number of aliphatic imine (C=N–C) groups is 1. The molecule has 0 aliphatic heterocycles. The van der Waals surface area contributed by atoms with E-state index in [2.05, 4.69) is 15.6 Å². The van der Waals surface area contributed by atoms with Crippen LogP contribution in [0.1, 0.15) is 25.3 Å². The Kier molecular flexibility index (Phi) is 12.3. The lowest BCUT2D eigenvalue weighted by molar-refractivity contribution is -0.385. The van der Waals surface area contributed by atoms with E-state index in [1.165, 1.54) is 6.07 Å². The maximum absolute atomic E-state index is 11.0. The zero-order chi connectivity index (χ0) is 16.2. The minimum absolute atomic E-state index is 0. The highest BCUT2D eigenvalue weighted by molar-refractivity contribution is 14.0. The van der Waals surface area contributed by atoms with Gasteiger partial charge in [-0.1, -0.05) is 18.2 Å². The molecule has 0 unspecified atom stereocenters. The van der Waals surface area contributed by atoms with Crippen LogP contribution >= 0.6 is 24.0 Å². The molecule has 0 saturated heterocycles. The Balaban J connectivity index is 0.00000484. The van der Waals surface area contributed by atoms with E-state index in [9.17, 15) is 10.1 Å². The highest BCUT2D eigenvalue weighted by Crippen LogP contribution is 2.16. The van der Waals surface area contributed by atoms with Crippen LogP contribution in [0.3, 0.4) is 0 Å². The minimum atomic E-state index is -0.374. The smallest absolute Gasteiger partial charge is 0.274 e. The normalized spacial score (nSPS) is 10.8. The second-order valence-corrected chi connectivity index (χ2v) is 4.64. The van der Waals surface area contributed by atoms with Crippen LogP contribution < -0.4 is 10.6 Å². The average Bonchev–Trinajstić information content (AvgIpc) is 2.53. The first-order chi connectivity index (χ1) is 10.7. The fraction of sp³-hybridized carbons (Fsp3) is 0.533. The number of nitro benzene ring substituents is 1. The molecule has 0 spiro atoms. The van der Waals surface area contributed by atoms with Crippen molar-refractivity contribution in [1.29, 1.82) is 0 Å². The van der Waals surface area contributed by atoms with Gasteiger partial charge < -0.3 is 15.4 Å². The summed E-state index contributed by atoms with van der Waals surface area (Å²) in [4.78, 5) is 14.7. The summed E-state index contributed by atoms with van der Waals surface area (Å²) in [6, 6.07) is 6.68. The molecule has 0 radical (unpaired) electrons. The van der Waals surface area contributed by atoms with Gasteiger partial charge in [0.15, 0.2) is 5.96 Å². The van der Waals surface area contributed by atoms with Crippen molar-refractivity contribution in [2.24, 2.45) is 4.99 Å². The first-order valence-electron chi connectivity index (χ1n) is 7.43. The van der Waals surface area contributed by atoms with Crippen LogP contribution in [-0.4, -0.2) is 37.7 Å². The molecule has 2 N–H and O–H groups in total. The summed E-state index contributed by atoms with van der Waals surface area (Å²) in [7, 11) is 1.68. The molecular weight excluding hydrogens is 411 g/mol. The third kappa shape index (κ3) is 8.70. The number of nitrogens with zero attached hydrogens (tertiary/aromatic N) is 2. The van der Waals surface area contributed by atoms with E-state index < -0.39 is 0 Å². The minimum Gasteiger partial charge on any atom is -0.382 e. The lowest BCUT2D eigenvalue weighted by Gasteiger charge is -2.12. The maximum atomic E-state index is 11.0. The zero-order valence-corrected chi connectivity index (χ0v) is 15.9. The van der Waals surface area contributed by atoms with Crippen LogP contribution in [-0.2, 0) is 11.3 Å². The summed E-state index contributed by atoms with van der Waals surface area (Å²) >= 11 is 0. The summed E-state index contributed by atoms with van der Waals surface area (Å²) in [6.45, 7) is 4.62. The standard InChI is InChI=1S/C15H24N4O3.HI/c1-3-22-11-7-6-10-17-15(16-2)18-12-13-8-4-5-9-14(13)19(20)21;/h4-5,8-9H,3,6-7,10-12H2,1-2H3,(H2,16,17,18);1H. The second-order valence-electron chi connectivity index (χ2n) is 4.64. The predicted octanol–water partition coefficient (Wildman–Crippen LogP) is 2.69. The highest BCUT2D eigenvalue weighted by Gasteiger charge is 2.12. The molecule has 0 heterocycles. The van der Waals surface area contributed by atoms with E-state index >= 15 is 0 Å². The van der Waals surface area contributed by atoms with Crippen LogP contribution in [0.5, 0.6) is 0 Å². The summed E-state index contributed by atoms with van der Waals surface area (Å²) < 4.78 is 5.27. The third-order valence-electron chi connectivity index (χ3n) is 3.07. The van der Waals surface area contributed by atoms with Crippen LogP contribution in [0.4, 0.5) is 5.69 Å². The molecule has 0 fully saturated rings. The molecule has 0 atom stereocenters. The molecule has 0 aliphatic carbocycles. The fourth-order valence-corrected chi connectivity index (χ4v) is 1.92. The van der Waals surface area contributed by atoms with E-state index in [0.29, 0.717) is 18.1 Å². The largest absolute Gasteiger partial charge is 0.382 e. The summed E-state index contributed by atoms with van der Waals surface area (Å²) in [5.41, 5.74) is 0.744. The molecule has 0 amide bonds. The number of nitro groups is 1. The van der Waals surface area contributed by atoms with Gasteiger partial charge in [-0.15, -0.1) is 24.0 Å². The monoisotopic (exact) mass is 436 g/mol. The molecule has 0 aliphatic rings. The quantitative estimate of drug-likeness (QED) is 0.155. The highest BCUT2D eigenvalue weighted by atomic mass is 127. The van der Waals surface area contributed by atoms with Gasteiger partial charge in [0.05, 0.1) is 4.92 Å². The van der Waals surface area contributed by atoms with Gasteiger partial charge in [0.2, 0.25) is 0 Å². The fourth-order valence-electron chi connectivity index (χ4n) is 1.92.